The van der Waals surface area contributed by atoms with E-state index < -0.39 is 5.97 Å². The van der Waals surface area contributed by atoms with Gasteiger partial charge in [-0.1, -0.05) is 43.5 Å². The summed E-state index contributed by atoms with van der Waals surface area (Å²) in [4.78, 5) is 22.8. The van der Waals surface area contributed by atoms with Crippen LogP contribution < -0.4 is 0 Å². The average Bonchev–Trinajstić information content (AvgIpc) is 3.03. The zero-order valence-corrected chi connectivity index (χ0v) is 17.6. The standard InChI is InChI=1S/C24H36O5/c1-29-17-19-8-6-7-18(15-19)16-21(25)13-11-20-12-14-23(26)22(20)9-4-2-3-5-10-24(27)28/h6-8,15,20-22,25H,2-5,9-14,16-17H2,1H3,(H,27,28)/t20-,21-,22+/m0/s1. The first-order valence-corrected chi connectivity index (χ1v) is 11.0. The number of carbonyl (C=O) groups is 2. The number of carboxylic acid groups (broad SMARTS) is 1. The molecule has 0 spiro atoms. The highest BCUT2D eigenvalue weighted by Crippen LogP contribution is 2.36. The molecule has 0 aromatic heterocycles. The van der Waals surface area contributed by atoms with Crippen molar-refractivity contribution >= 4 is 11.8 Å². The first-order chi connectivity index (χ1) is 14.0. The first-order valence-electron chi connectivity index (χ1n) is 11.0. The van der Waals surface area contributed by atoms with Crippen LogP contribution in [0.3, 0.4) is 0 Å². The zero-order valence-electron chi connectivity index (χ0n) is 17.6. The van der Waals surface area contributed by atoms with Gasteiger partial charge in [-0.3, -0.25) is 9.59 Å². The Hall–Kier alpha value is -1.72. The predicted molar refractivity (Wildman–Crippen MR) is 113 cm³/mol. The number of benzene rings is 1. The molecule has 0 unspecified atom stereocenters. The summed E-state index contributed by atoms with van der Waals surface area (Å²) in [5.74, 6) is 0.157. The van der Waals surface area contributed by atoms with Crippen molar-refractivity contribution in [1.29, 1.82) is 0 Å². The number of methoxy groups -OCH3 is 1. The molecule has 3 atom stereocenters. The van der Waals surface area contributed by atoms with Gasteiger partial charge in [-0.05, 0) is 55.6 Å². The SMILES string of the molecule is COCc1cccc(C[C@@H](O)CC[C@H]2CCC(=O)[C@@H]2CCCCCCC(=O)O)c1. The van der Waals surface area contributed by atoms with Gasteiger partial charge in [0.05, 0.1) is 12.7 Å². The topological polar surface area (TPSA) is 83.8 Å². The highest BCUT2D eigenvalue weighted by atomic mass is 16.5. The Morgan fingerprint density at radius 1 is 1.17 bits per heavy atom. The lowest BCUT2D eigenvalue weighted by Crippen LogP contribution is -2.18. The molecular formula is C24H36O5. The lowest BCUT2D eigenvalue weighted by atomic mass is 9.85. The van der Waals surface area contributed by atoms with Gasteiger partial charge in [-0.2, -0.15) is 0 Å². The van der Waals surface area contributed by atoms with Gasteiger partial charge >= 0.3 is 5.97 Å². The summed E-state index contributed by atoms with van der Waals surface area (Å²) >= 11 is 0. The number of hydrogen-bond acceptors (Lipinski definition) is 4. The largest absolute Gasteiger partial charge is 0.481 e. The lowest BCUT2D eigenvalue weighted by Gasteiger charge is -2.20. The van der Waals surface area contributed by atoms with E-state index in [4.69, 9.17) is 9.84 Å². The Bertz CT molecular complexity index is 642. The van der Waals surface area contributed by atoms with Crippen LogP contribution in [0.25, 0.3) is 0 Å². The molecule has 1 aliphatic carbocycles. The van der Waals surface area contributed by atoms with Crippen LogP contribution in [0.2, 0.25) is 0 Å². The Kier molecular flexibility index (Phi) is 10.4. The summed E-state index contributed by atoms with van der Waals surface area (Å²) in [6.45, 7) is 0.576. The molecule has 162 valence electrons. The van der Waals surface area contributed by atoms with Crippen LogP contribution in [-0.2, 0) is 27.4 Å². The smallest absolute Gasteiger partial charge is 0.303 e. The normalized spacial score (nSPS) is 20.1. The Labute approximate surface area is 174 Å². The third-order valence-electron chi connectivity index (χ3n) is 6.04. The molecule has 2 N–H and O–H groups in total. The number of aliphatic carboxylic acids is 1. The van der Waals surface area contributed by atoms with Crippen molar-refractivity contribution in [2.75, 3.05) is 7.11 Å². The van der Waals surface area contributed by atoms with Gasteiger partial charge in [0.1, 0.15) is 5.78 Å². The predicted octanol–water partition coefficient (Wildman–Crippen LogP) is 4.54. The van der Waals surface area contributed by atoms with E-state index in [1.54, 1.807) is 7.11 Å². The molecule has 0 heterocycles. The number of Topliss-reactive ketones (excluding diaryl/α,β-unsaturated/α-hetero) is 1. The third kappa shape index (κ3) is 8.67. The van der Waals surface area contributed by atoms with Gasteiger partial charge in [-0.15, -0.1) is 0 Å². The minimum Gasteiger partial charge on any atom is -0.481 e. The molecule has 1 fully saturated rings. The number of carbonyl (C=O) groups excluding carboxylic acids is 1. The molecule has 0 amide bonds. The zero-order chi connectivity index (χ0) is 21.1. The number of aliphatic hydroxyl groups is 1. The fraction of sp³-hybridized carbons (Fsp3) is 0.667. The number of carboxylic acids is 1. The van der Waals surface area contributed by atoms with E-state index in [1.807, 2.05) is 18.2 Å². The number of hydrogen-bond donors (Lipinski definition) is 2. The van der Waals surface area contributed by atoms with Gasteiger partial charge in [0, 0.05) is 25.9 Å². The van der Waals surface area contributed by atoms with E-state index in [0.29, 0.717) is 31.1 Å². The number of rotatable bonds is 14. The van der Waals surface area contributed by atoms with Crippen molar-refractivity contribution in [3.8, 4) is 0 Å². The van der Waals surface area contributed by atoms with Crippen LogP contribution in [0.5, 0.6) is 0 Å². The minimum atomic E-state index is -0.736. The summed E-state index contributed by atoms with van der Waals surface area (Å²) in [5, 5.41) is 19.2. The number of ether oxygens (including phenoxy) is 1. The van der Waals surface area contributed by atoms with Crippen LogP contribution in [0.1, 0.15) is 75.3 Å². The van der Waals surface area contributed by atoms with Gasteiger partial charge in [0.2, 0.25) is 0 Å². The van der Waals surface area contributed by atoms with Crippen LogP contribution in [-0.4, -0.2) is 35.2 Å². The van der Waals surface area contributed by atoms with Crippen LogP contribution in [0.15, 0.2) is 24.3 Å². The van der Waals surface area contributed by atoms with Crippen molar-refractivity contribution in [1.82, 2.24) is 0 Å². The second-order valence-corrected chi connectivity index (χ2v) is 8.41. The molecule has 5 nitrogen and oxygen atoms in total. The molecule has 5 heteroatoms. The number of unbranched alkanes of at least 4 members (excludes halogenated alkanes) is 3. The molecule has 0 saturated heterocycles. The van der Waals surface area contributed by atoms with Crippen molar-refractivity contribution in [3.63, 3.8) is 0 Å². The summed E-state index contributed by atoms with van der Waals surface area (Å²) in [7, 11) is 1.68. The first kappa shape index (κ1) is 23.6. The third-order valence-corrected chi connectivity index (χ3v) is 6.04. The fourth-order valence-electron chi connectivity index (χ4n) is 4.51. The fourth-order valence-corrected chi connectivity index (χ4v) is 4.51. The van der Waals surface area contributed by atoms with Crippen LogP contribution in [0, 0.1) is 11.8 Å². The molecule has 29 heavy (non-hydrogen) atoms. The second kappa shape index (κ2) is 12.8. The van der Waals surface area contributed by atoms with E-state index in [0.717, 1.165) is 62.5 Å². The van der Waals surface area contributed by atoms with Crippen molar-refractivity contribution in [2.45, 2.75) is 83.3 Å². The monoisotopic (exact) mass is 404 g/mol. The van der Waals surface area contributed by atoms with Crippen LogP contribution >= 0.6 is 0 Å². The molecular weight excluding hydrogens is 368 g/mol. The van der Waals surface area contributed by atoms with Crippen molar-refractivity contribution in [3.05, 3.63) is 35.4 Å². The number of ketones is 1. The summed E-state index contributed by atoms with van der Waals surface area (Å²) < 4.78 is 5.17. The highest BCUT2D eigenvalue weighted by Gasteiger charge is 2.33. The molecule has 2 rings (SSSR count). The van der Waals surface area contributed by atoms with Crippen molar-refractivity contribution < 1.29 is 24.5 Å². The highest BCUT2D eigenvalue weighted by molar-refractivity contribution is 5.83. The molecule has 0 aliphatic heterocycles. The quantitative estimate of drug-likeness (QED) is 0.445. The summed E-state index contributed by atoms with van der Waals surface area (Å²) in [6.07, 6.45) is 8.23. The Morgan fingerprint density at radius 2 is 1.93 bits per heavy atom. The van der Waals surface area contributed by atoms with E-state index in [9.17, 15) is 14.7 Å². The molecule has 1 saturated carbocycles. The number of aliphatic hydroxyl groups excluding tert-OH is 1. The Morgan fingerprint density at radius 3 is 2.69 bits per heavy atom. The van der Waals surface area contributed by atoms with Crippen LogP contribution in [0.4, 0.5) is 0 Å². The van der Waals surface area contributed by atoms with Gasteiger partial charge in [-0.25, -0.2) is 0 Å². The van der Waals surface area contributed by atoms with E-state index in [2.05, 4.69) is 6.07 Å². The maximum atomic E-state index is 12.3. The maximum Gasteiger partial charge on any atom is 0.303 e. The van der Waals surface area contributed by atoms with E-state index >= 15 is 0 Å². The molecule has 1 aromatic carbocycles. The minimum absolute atomic E-state index is 0.131. The van der Waals surface area contributed by atoms with Gasteiger partial charge in [0.25, 0.3) is 0 Å². The average molecular weight is 405 g/mol. The van der Waals surface area contributed by atoms with E-state index in [-0.39, 0.29) is 18.4 Å². The lowest BCUT2D eigenvalue weighted by molar-refractivity contribution is -0.137. The van der Waals surface area contributed by atoms with Gasteiger partial charge < -0.3 is 14.9 Å². The second-order valence-electron chi connectivity index (χ2n) is 8.41. The molecule has 1 aromatic rings. The molecule has 1 aliphatic rings. The molecule has 0 radical (unpaired) electrons. The van der Waals surface area contributed by atoms with Gasteiger partial charge in [0.15, 0.2) is 0 Å². The molecule has 0 bridgehead atoms. The summed E-state index contributed by atoms with van der Waals surface area (Å²) in [5.41, 5.74) is 2.23. The van der Waals surface area contributed by atoms with E-state index in [1.165, 1.54) is 0 Å². The Balaban J connectivity index is 1.71. The summed E-state index contributed by atoms with van der Waals surface area (Å²) in [6, 6.07) is 8.14. The maximum absolute atomic E-state index is 12.3. The van der Waals surface area contributed by atoms with Crippen molar-refractivity contribution in [2.24, 2.45) is 11.8 Å².